The van der Waals surface area contributed by atoms with Gasteiger partial charge in [0.15, 0.2) is 0 Å². The summed E-state index contributed by atoms with van der Waals surface area (Å²) >= 11 is 0. The van der Waals surface area contributed by atoms with Crippen molar-refractivity contribution in [3.63, 3.8) is 0 Å². The molecule has 0 aliphatic carbocycles. The monoisotopic (exact) mass is 328 g/mol. The minimum absolute atomic E-state index is 0.0237. The highest BCUT2D eigenvalue weighted by Crippen LogP contribution is 2.21. The molecule has 0 aliphatic heterocycles. The van der Waals surface area contributed by atoms with Crippen molar-refractivity contribution in [3.05, 3.63) is 69.6 Å². The number of aryl methyl sites for hydroxylation is 1. The third-order valence-electron chi connectivity index (χ3n) is 4.08. The number of carbonyl (C=O) groups is 1. The van der Waals surface area contributed by atoms with E-state index in [0.717, 1.165) is 5.56 Å². The van der Waals surface area contributed by atoms with Gasteiger partial charge in [-0.15, -0.1) is 0 Å². The maximum absolute atomic E-state index is 12.4. The molecule has 0 spiro atoms. The molecule has 1 heterocycles. The molecular formula is C19H24N2O3. The standard InChI is InChI=1S/C19H24N2O3/c1-13(2)14-4-6-15(7-5-14)17(10-11-22)20-19(24)16-8-9-18(23)21(3)12-16/h4-9,12-13,17,22H,10-11H2,1-3H3,(H,20,24). The predicted molar refractivity (Wildman–Crippen MR) is 94.1 cm³/mol. The van der Waals surface area contributed by atoms with E-state index in [1.54, 1.807) is 7.05 Å². The number of nitrogens with zero attached hydrogens (tertiary/aromatic N) is 1. The van der Waals surface area contributed by atoms with Crippen LogP contribution in [0.5, 0.6) is 0 Å². The molecule has 0 fully saturated rings. The van der Waals surface area contributed by atoms with Crippen LogP contribution in [0.25, 0.3) is 0 Å². The van der Waals surface area contributed by atoms with Gasteiger partial charge in [-0.25, -0.2) is 0 Å². The van der Waals surface area contributed by atoms with E-state index in [1.807, 2.05) is 24.3 Å². The van der Waals surface area contributed by atoms with Crippen LogP contribution in [-0.4, -0.2) is 22.2 Å². The van der Waals surface area contributed by atoms with Crippen molar-refractivity contribution in [1.29, 1.82) is 0 Å². The van der Waals surface area contributed by atoms with Crippen LogP contribution in [0.1, 0.15) is 53.7 Å². The third kappa shape index (κ3) is 4.32. The SMILES string of the molecule is CC(C)c1ccc(C(CCO)NC(=O)c2ccc(=O)n(C)c2)cc1. The molecule has 128 valence electrons. The fraction of sp³-hybridized carbons (Fsp3) is 0.368. The summed E-state index contributed by atoms with van der Waals surface area (Å²) in [5, 5.41) is 12.2. The van der Waals surface area contributed by atoms with Gasteiger partial charge in [-0.3, -0.25) is 9.59 Å². The smallest absolute Gasteiger partial charge is 0.253 e. The van der Waals surface area contributed by atoms with Gasteiger partial charge in [0.1, 0.15) is 0 Å². The normalized spacial score (nSPS) is 12.2. The maximum Gasteiger partial charge on any atom is 0.253 e. The van der Waals surface area contributed by atoms with E-state index in [9.17, 15) is 14.7 Å². The van der Waals surface area contributed by atoms with Gasteiger partial charge in [-0.05, 0) is 29.5 Å². The summed E-state index contributed by atoms with van der Waals surface area (Å²) in [5.41, 5.74) is 2.43. The largest absolute Gasteiger partial charge is 0.396 e. The Labute approximate surface area is 142 Å². The molecular weight excluding hydrogens is 304 g/mol. The first-order valence-electron chi connectivity index (χ1n) is 8.10. The topological polar surface area (TPSA) is 71.3 Å². The summed E-state index contributed by atoms with van der Waals surface area (Å²) in [5.74, 6) is 0.174. The van der Waals surface area contributed by atoms with Crippen molar-refractivity contribution in [2.45, 2.75) is 32.2 Å². The average molecular weight is 328 g/mol. The summed E-state index contributed by atoms with van der Waals surface area (Å²) in [7, 11) is 1.61. The zero-order valence-electron chi connectivity index (χ0n) is 14.3. The molecule has 1 aromatic heterocycles. The lowest BCUT2D eigenvalue weighted by Crippen LogP contribution is -2.30. The summed E-state index contributed by atoms with van der Waals surface area (Å²) in [6.07, 6.45) is 1.94. The number of hydrogen-bond donors (Lipinski definition) is 2. The van der Waals surface area contributed by atoms with E-state index in [0.29, 0.717) is 17.9 Å². The van der Waals surface area contributed by atoms with Crippen LogP contribution in [-0.2, 0) is 7.05 Å². The second kappa shape index (κ2) is 7.93. The number of aromatic nitrogens is 1. The fourth-order valence-corrected chi connectivity index (χ4v) is 2.53. The van der Waals surface area contributed by atoms with Crippen LogP contribution in [0, 0.1) is 0 Å². The molecule has 1 aromatic carbocycles. The van der Waals surface area contributed by atoms with E-state index in [4.69, 9.17) is 0 Å². The summed E-state index contributed by atoms with van der Waals surface area (Å²) in [6, 6.07) is 10.7. The van der Waals surface area contributed by atoms with Crippen molar-refractivity contribution in [1.82, 2.24) is 9.88 Å². The van der Waals surface area contributed by atoms with E-state index in [-0.39, 0.29) is 24.1 Å². The van der Waals surface area contributed by atoms with Crippen LogP contribution in [0.2, 0.25) is 0 Å². The van der Waals surface area contributed by atoms with E-state index in [2.05, 4.69) is 19.2 Å². The highest BCUT2D eigenvalue weighted by atomic mass is 16.3. The Balaban J connectivity index is 2.19. The van der Waals surface area contributed by atoms with Gasteiger partial charge in [0.2, 0.25) is 5.56 Å². The van der Waals surface area contributed by atoms with Crippen LogP contribution in [0.15, 0.2) is 47.4 Å². The minimum Gasteiger partial charge on any atom is -0.396 e. The fourth-order valence-electron chi connectivity index (χ4n) is 2.53. The average Bonchev–Trinajstić information content (AvgIpc) is 2.57. The molecule has 0 saturated carbocycles. The quantitative estimate of drug-likeness (QED) is 0.855. The molecule has 0 bridgehead atoms. The summed E-state index contributed by atoms with van der Waals surface area (Å²) in [4.78, 5) is 23.9. The first-order chi connectivity index (χ1) is 11.4. The van der Waals surface area contributed by atoms with Crippen molar-refractivity contribution < 1.29 is 9.90 Å². The van der Waals surface area contributed by atoms with Gasteiger partial charge in [-0.1, -0.05) is 38.1 Å². The Bertz CT molecular complexity index is 748. The molecule has 1 atom stereocenters. The molecule has 0 aliphatic rings. The van der Waals surface area contributed by atoms with Gasteiger partial charge in [0.25, 0.3) is 5.91 Å². The molecule has 1 unspecified atom stereocenters. The summed E-state index contributed by atoms with van der Waals surface area (Å²) in [6.45, 7) is 4.23. The molecule has 5 heteroatoms. The number of nitrogens with one attached hydrogen (secondary N) is 1. The Morgan fingerprint density at radius 3 is 2.29 bits per heavy atom. The molecule has 1 amide bonds. The van der Waals surface area contributed by atoms with Gasteiger partial charge < -0.3 is 15.0 Å². The lowest BCUT2D eigenvalue weighted by molar-refractivity contribution is 0.0929. The lowest BCUT2D eigenvalue weighted by atomic mass is 9.97. The van der Waals surface area contributed by atoms with Crippen molar-refractivity contribution in [2.75, 3.05) is 6.61 Å². The Hall–Kier alpha value is -2.40. The maximum atomic E-state index is 12.4. The van der Waals surface area contributed by atoms with Crippen molar-refractivity contribution in [3.8, 4) is 0 Å². The second-order valence-electron chi connectivity index (χ2n) is 6.23. The third-order valence-corrected chi connectivity index (χ3v) is 4.08. The zero-order chi connectivity index (χ0) is 17.7. The second-order valence-corrected chi connectivity index (χ2v) is 6.23. The number of pyridine rings is 1. The van der Waals surface area contributed by atoms with E-state index in [1.165, 1.54) is 28.5 Å². The molecule has 24 heavy (non-hydrogen) atoms. The molecule has 2 rings (SSSR count). The van der Waals surface area contributed by atoms with Crippen LogP contribution in [0.4, 0.5) is 0 Å². The lowest BCUT2D eigenvalue weighted by Gasteiger charge is -2.19. The number of carbonyl (C=O) groups excluding carboxylic acids is 1. The number of benzene rings is 1. The number of hydrogen-bond acceptors (Lipinski definition) is 3. The minimum atomic E-state index is -0.277. The number of rotatable bonds is 6. The molecule has 0 radical (unpaired) electrons. The van der Waals surface area contributed by atoms with Crippen molar-refractivity contribution in [2.24, 2.45) is 7.05 Å². The van der Waals surface area contributed by atoms with Crippen LogP contribution < -0.4 is 10.9 Å². The van der Waals surface area contributed by atoms with Gasteiger partial charge in [-0.2, -0.15) is 0 Å². The Morgan fingerprint density at radius 2 is 1.75 bits per heavy atom. The number of aliphatic hydroxyl groups is 1. The molecule has 2 aromatic rings. The molecule has 0 saturated heterocycles. The number of amides is 1. The summed E-state index contributed by atoms with van der Waals surface area (Å²) < 4.78 is 1.37. The Kier molecular flexibility index (Phi) is 5.93. The van der Waals surface area contributed by atoms with Crippen molar-refractivity contribution >= 4 is 5.91 Å². The molecule has 2 N–H and O–H groups in total. The highest BCUT2D eigenvalue weighted by molar-refractivity contribution is 5.94. The van der Waals surface area contributed by atoms with Gasteiger partial charge in [0, 0.05) is 25.9 Å². The highest BCUT2D eigenvalue weighted by Gasteiger charge is 2.16. The van der Waals surface area contributed by atoms with E-state index < -0.39 is 0 Å². The van der Waals surface area contributed by atoms with Gasteiger partial charge >= 0.3 is 0 Å². The predicted octanol–water partition coefficient (Wildman–Crippen LogP) is 2.36. The molecule has 5 nitrogen and oxygen atoms in total. The number of aliphatic hydroxyl groups excluding tert-OH is 1. The van der Waals surface area contributed by atoms with Crippen LogP contribution >= 0.6 is 0 Å². The first-order valence-corrected chi connectivity index (χ1v) is 8.10. The first kappa shape index (κ1) is 17.9. The Morgan fingerprint density at radius 1 is 1.12 bits per heavy atom. The van der Waals surface area contributed by atoms with Gasteiger partial charge in [0.05, 0.1) is 11.6 Å². The van der Waals surface area contributed by atoms with E-state index >= 15 is 0 Å². The van der Waals surface area contributed by atoms with Crippen LogP contribution in [0.3, 0.4) is 0 Å². The zero-order valence-corrected chi connectivity index (χ0v) is 14.3.